The molecule has 0 unspecified atom stereocenters. The van der Waals surface area contributed by atoms with Crippen molar-refractivity contribution in [3.8, 4) is 11.4 Å². The molecule has 100 valence electrons. The molecule has 0 saturated heterocycles. The van der Waals surface area contributed by atoms with Gasteiger partial charge in [-0.1, -0.05) is 12.8 Å². The van der Waals surface area contributed by atoms with Crippen molar-refractivity contribution in [2.75, 3.05) is 5.73 Å². The van der Waals surface area contributed by atoms with Crippen LogP contribution in [0.5, 0.6) is 0 Å². The number of hydrogen-bond donors (Lipinski definition) is 1. The molecule has 0 radical (unpaired) electrons. The fourth-order valence-corrected chi connectivity index (χ4v) is 2.16. The Labute approximate surface area is 110 Å². The van der Waals surface area contributed by atoms with Crippen LogP contribution in [0.1, 0.15) is 25.7 Å². The number of aryl methyl sites for hydroxylation is 1. The van der Waals surface area contributed by atoms with Crippen LogP contribution in [0.2, 0.25) is 0 Å². The van der Waals surface area contributed by atoms with Gasteiger partial charge in [0.25, 0.3) is 0 Å². The Morgan fingerprint density at radius 2 is 2.21 bits per heavy atom. The number of nitrogens with zero attached hydrogens (tertiary/aromatic N) is 4. The first-order chi connectivity index (χ1) is 9.24. The first kappa shape index (κ1) is 12.1. The molecule has 2 aromatic rings. The Balaban J connectivity index is 1.75. The minimum atomic E-state index is -0.440. The summed E-state index contributed by atoms with van der Waals surface area (Å²) in [5.74, 6) is 1.05. The molecule has 2 N–H and O–H groups in total. The maximum absolute atomic E-state index is 13.5. The normalized spacial score (nSPS) is 14.8. The van der Waals surface area contributed by atoms with Crippen LogP contribution < -0.4 is 5.73 Å². The third-order valence-corrected chi connectivity index (χ3v) is 3.47. The summed E-state index contributed by atoms with van der Waals surface area (Å²) in [6.07, 6.45) is 4.98. The van der Waals surface area contributed by atoms with Crippen LogP contribution in [0, 0.1) is 11.7 Å². The number of anilines is 1. The predicted molar refractivity (Wildman–Crippen MR) is 69.6 cm³/mol. The number of rotatable bonds is 5. The van der Waals surface area contributed by atoms with Gasteiger partial charge in [0, 0.05) is 12.1 Å². The lowest BCUT2D eigenvalue weighted by molar-refractivity contribution is 0.526. The molecule has 1 aromatic heterocycles. The molecule has 1 heterocycles. The largest absolute Gasteiger partial charge is 0.396 e. The van der Waals surface area contributed by atoms with Crippen LogP contribution in [0.25, 0.3) is 11.4 Å². The number of benzene rings is 1. The highest BCUT2D eigenvalue weighted by Crippen LogP contribution is 2.33. The lowest BCUT2D eigenvalue weighted by atomic mass is 10.2. The Kier molecular flexibility index (Phi) is 3.15. The fourth-order valence-electron chi connectivity index (χ4n) is 2.16. The molecule has 1 fully saturated rings. The van der Waals surface area contributed by atoms with E-state index in [0.29, 0.717) is 11.4 Å². The van der Waals surface area contributed by atoms with Crippen molar-refractivity contribution >= 4 is 5.69 Å². The molecular formula is C13H16FN5. The smallest absolute Gasteiger partial charge is 0.182 e. The van der Waals surface area contributed by atoms with Gasteiger partial charge in [-0.15, -0.1) is 5.10 Å². The first-order valence-corrected chi connectivity index (χ1v) is 6.55. The lowest BCUT2D eigenvalue weighted by Crippen LogP contribution is -2.04. The van der Waals surface area contributed by atoms with Crippen LogP contribution in [0.4, 0.5) is 10.1 Å². The maximum atomic E-state index is 13.5. The van der Waals surface area contributed by atoms with Gasteiger partial charge in [0.2, 0.25) is 0 Å². The van der Waals surface area contributed by atoms with Gasteiger partial charge in [-0.3, -0.25) is 0 Å². The monoisotopic (exact) mass is 261 g/mol. The molecule has 1 aliphatic rings. The van der Waals surface area contributed by atoms with E-state index in [1.807, 2.05) is 0 Å². The number of tetrazole rings is 1. The molecule has 19 heavy (non-hydrogen) atoms. The van der Waals surface area contributed by atoms with Gasteiger partial charge in [-0.2, -0.15) is 0 Å². The van der Waals surface area contributed by atoms with E-state index in [-0.39, 0.29) is 5.69 Å². The summed E-state index contributed by atoms with van der Waals surface area (Å²) in [6.45, 7) is 0.769. The zero-order chi connectivity index (χ0) is 13.2. The van der Waals surface area contributed by atoms with Crippen molar-refractivity contribution in [3.05, 3.63) is 24.0 Å². The lowest BCUT2D eigenvalue weighted by Gasteiger charge is -2.05. The average Bonchev–Trinajstić information content (AvgIpc) is 3.10. The number of nitrogen functional groups attached to an aromatic ring is 1. The van der Waals surface area contributed by atoms with Crippen LogP contribution in [0.3, 0.4) is 0 Å². The van der Waals surface area contributed by atoms with Crippen molar-refractivity contribution in [1.82, 2.24) is 20.2 Å². The Hall–Kier alpha value is -1.98. The summed E-state index contributed by atoms with van der Waals surface area (Å²) in [5, 5.41) is 11.6. The molecule has 0 atom stereocenters. The molecular weight excluding hydrogens is 245 g/mol. The van der Waals surface area contributed by atoms with Gasteiger partial charge in [-0.25, -0.2) is 9.07 Å². The average molecular weight is 261 g/mol. The summed E-state index contributed by atoms with van der Waals surface area (Å²) >= 11 is 0. The molecule has 6 heteroatoms. The van der Waals surface area contributed by atoms with Gasteiger partial charge in [-0.05, 0) is 47.4 Å². The van der Waals surface area contributed by atoms with E-state index in [1.54, 1.807) is 10.7 Å². The summed E-state index contributed by atoms with van der Waals surface area (Å²) < 4.78 is 15.2. The zero-order valence-corrected chi connectivity index (χ0v) is 10.6. The molecule has 3 rings (SSSR count). The predicted octanol–water partition coefficient (Wildman–Crippen LogP) is 2.25. The fraction of sp³-hybridized carbons (Fsp3) is 0.462. The number of hydrogen-bond acceptors (Lipinski definition) is 4. The maximum Gasteiger partial charge on any atom is 0.182 e. The van der Waals surface area contributed by atoms with Crippen molar-refractivity contribution in [1.29, 1.82) is 0 Å². The van der Waals surface area contributed by atoms with Crippen molar-refractivity contribution < 1.29 is 4.39 Å². The molecule has 0 amide bonds. The first-order valence-electron chi connectivity index (χ1n) is 6.55. The molecule has 0 spiro atoms. The highest BCUT2D eigenvalue weighted by molar-refractivity contribution is 5.58. The summed E-state index contributed by atoms with van der Waals surface area (Å²) in [5.41, 5.74) is 6.26. The van der Waals surface area contributed by atoms with E-state index in [2.05, 4.69) is 15.5 Å². The molecule has 1 aromatic carbocycles. The van der Waals surface area contributed by atoms with Crippen LogP contribution in [-0.4, -0.2) is 20.2 Å². The molecule has 1 aliphatic carbocycles. The second-order valence-electron chi connectivity index (χ2n) is 5.05. The molecule has 1 saturated carbocycles. The van der Waals surface area contributed by atoms with Gasteiger partial charge in [0.15, 0.2) is 5.82 Å². The van der Waals surface area contributed by atoms with Crippen LogP contribution in [0.15, 0.2) is 18.2 Å². The van der Waals surface area contributed by atoms with Crippen LogP contribution >= 0.6 is 0 Å². The zero-order valence-electron chi connectivity index (χ0n) is 10.6. The van der Waals surface area contributed by atoms with E-state index in [4.69, 9.17) is 5.73 Å². The van der Waals surface area contributed by atoms with Gasteiger partial charge < -0.3 is 5.73 Å². The number of aromatic nitrogens is 4. The SMILES string of the molecule is Nc1ccc(-c2nnnn2CCCC2CC2)cc1F. The Morgan fingerprint density at radius 1 is 1.37 bits per heavy atom. The third kappa shape index (κ3) is 2.72. The summed E-state index contributed by atoms with van der Waals surface area (Å²) in [6, 6.07) is 4.65. The van der Waals surface area contributed by atoms with Gasteiger partial charge in [0.05, 0.1) is 5.69 Å². The van der Waals surface area contributed by atoms with E-state index in [1.165, 1.54) is 31.4 Å². The van der Waals surface area contributed by atoms with Gasteiger partial charge >= 0.3 is 0 Å². The topological polar surface area (TPSA) is 69.6 Å². The highest BCUT2D eigenvalue weighted by Gasteiger charge is 2.20. The second kappa shape index (κ2) is 4.95. The number of nitrogens with two attached hydrogens (primary N) is 1. The number of halogens is 1. The van der Waals surface area contributed by atoms with E-state index in [9.17, 15) is 4.39 Å². The van der Waals surface area contributed by atoms with Crippen molar-refractivity contribution in [2.45, 2.75) is 32.2 Å². The van der Waals surface area contributed by atoms with Crippen molar-refractivity contribution in [3.63, 3.8) is 0 Å². The van der Waals surface area contributed by atoms with Gasteiger partial charge in [0.1, 0.15) is 5.82 Å². The van der Waals surface area contributed by atoms with E-state index in [0.717, 1.165) is 18.9 Å². The van der Waals surface area contributed by atoms with E-state index >= 15 is 0 Å². The quantitative estimate of drug-likeness (QED) is 0.838. The van der Waals surface area contributed by atoms with Crippen molar-refractivity contribution in [2.24, 2.45) is 5.92 Å². The third-order valence-electron chi connectivity index (χ3n) is 3.47. The molecule has 5 nitrogen and oxygen atoms in total. The molecule has 0 bridgehead atoms. The minimum Gasteiger partial charge on any atom is -0.396 e. The summed E-state index contributed by atoms with van der Waals surface area (Å²) in [7, 11) is 0. The van der Waals surface area contributed by atoms with E-state index < -0.39 is 5.82 Å². The molecule has 0 aliphatic heterocycles. The highest BCUT2D eigenvalue weighted by atomic mass is 19.1. The Morgan fingerprint density at radius 3 is 2.95 bits per heavy atom. The standard InChI is InChI=1S/C13H16FN5/c14-11-8-10(5-6-12(11)15)13-16-17-18-19(13)7-1-2-9-3-4-9/h5-6,8-9H,1-4,7,15H2. The minimum absolute atomic E-state index is 0.136. The second-order valence-corrected chi connectivity index (χ2v) is 5.05. The summed E-state index contributed by atoms with van der Waals surface area (Å²) in [4.78, 5) is 0. The Bertz CT molecular complexity index is 576. The van der Waals surface area contributed by atoms with Crippen LogP contribution in [-0.2, 0) is 6.54 Å².